The van der Waals surface area contributed by atoms with Gasteiger partial charge in [0, 0.05) is 31.6 Å². The molecule has 2 aromatic rings. The highest BCUT2D eigenvalue weighted by Gasteiger charge is 2.20. The van der Waals surface area contributed by atoms with Gasteiger partial charge in [-0.25, -0.2) is 0 Å². The molecule has 0 radical (unpaired) electrons. The molecule has 1 N–H and O–H groups in total. The molecule has 4 nitrogen and oxygen atoms in total. The van der Waals surface area contributed by atoms with Gasteiger partial charge in [-0.2, -0.15) is 0 Å². The number of amides is 2. The number of nitrogens with zero attached hydrogens (tertiary/aromatic N) is 1. The molecule has 3 rings (SSSR count). The second kappa shape index (κ2) is 8.67. The van der Waals surface area contributed by atoms with Gasteiger partial charge in [0.05, 0.1) is 0 Å². The molecule has 0 saturated heterocycles. The van der Waals surface area contributed by atoms with Crippen molar-refractivity contribution < 1.29 is 9.59 Å². The zero-order valence-corrected chi connectivity index (χ0v) is 15.8. The first-order chi connectivity index (χ1) is 13.0. The Balaban J connectivity index is 1.58. The minimum atomic E-state index is 0.00549. The van der Waals surface area contributed by atoms with E-state index >= 15 is 0 Å². The molecule has 0 unspecified atom stereocenters. The van der Waals surface area contributed by atoms with E-state index in [2.05, 4.69) is 49.2 Å². The van der Waals surface area contributed by atoms with Crippen molar-refractivity contribution in [2.24, 2.45) is 0 Å². The molecule has 0 saturated carbocycles. The highest BCUT2D eigenvalue weighted by molar-refractivity contribution is 5.91. The fraction of sp³-hybridized carbons (Fsp3) is 0.304. The van der Waals surface area contributed by atoms with Crippen LogP contribution >= 0.6 is 0 Å². The van der Waals surface area contributed by atoms with Crippen molar-refractivity contribution in [3.63, 3.8) is 0 Å². The van der Waals surface area contributed by atoms with E-state index in [1.165, 1.54) is 11.1 Å². The Morgan fingerprint density at radius 1 is 1.15 bits per heavy atom. The minimum absolute atomic E-state index is 0.00549. The average molecular weight is 362 g/mol. The lowest BCUT2D eigenvalue weighted by Crippen LogP contribution is -2.35. The number of benzene rings is 2. The van der Waals surface area contributed by atoms with Gasteiger partial charge in [0.15, 0.2) is 0 Å². The van der Waals surface area contributed by atoms with Gasteiger partial charge < -0.3 is 10.2 Å². The first-order valence-corrected chi connectivity index (χ1v) is 9.41. The Kier molecular flexibility index (Phi) is 6.07. The van der Waals surface area contributed by atoms with Gasteiger partial charge in [0.2, 0.25) is 11.8 Å². The summed E-state index contributed by atoms with van der Waals surface area (Å²) in [5.74, 6) is 0.106. The maximum absolute atomic E-state index is 12.3. The number of hydrogen-bond donors (Lipinski definition) is 1. The van der Waals surface area contributed by atoms with E-state index in [1.54, 1.807) is 6.08 Å². The number of anilines is 1. The molecule has 0 aliphatic carbocycles. The normalized spacial score (nSPS) is 13.0. The molecule has 0 spiro atoms. The van der Waals surface area contributed by atoms with Crippen LogP contribution in [-0.2, 0) is 29.0 Å². The van der Waals surface area contributed by atoms with Crippen molar-refractivity contribution >= 4 is 17.5 Å². The highest BCUT2D eigenvalue weighted by Crippen LogP contribution is 2.23. The molecule has 140 valence electrons. The monoisotopic (exact) mass is 362 g/mol. The maximum atomic E-state index is 12.3. The summed E-state index contributed by atoms with van der Waals surface area (Å²) in [4.78, 5) is 26.2. The third kappa shape index (κ3) is 5.07. The first-order valence-electron chi connectivity index (χ1n) is 9.41. The number of aryl methyl sites for hydroxylation is 2. The highest BCUT2D eigenvalue weighted by atomic mass is 16.2. The van der Waals surface area contributed by atoms with Crippen LogP contribution in [0.1, 0.15) is 35.1 Å². The van der Waals surface area contributed by atoms with Gasteiger partial charge in [-0.15, -0.1) is 6.58 Å². The van der Waals surface area contributed by atoms with Gasteiger partial charge in [0.25, 0.3) is 0 Å². The summed E-state index contributed by atoms with van der Waals surface area (Å²) in [6.07, 6.45) is 4.03. The molecular weight excluding hydrogens is 336 g/mol. The van der Waals surface area contributed by atoms with E-state index in [-0.39, 0.29) is 11.8 Å². The smallest absolute Gasteiger partial charge is 0.226 e. The van der Waals surface area contributed by atoms with E-state index in [0.29, 0.717) is 19.4 Å². The second-order valence-corrected chi connectivity index (χ2v) is 7.08. The number of rotatable bonds is 6. The lowest BCUT2D eigenvalue weighted by molar-refractivity contribution is -0.131. The van der Waals surface area contributed by atoms with Gasteiger partial charge in [-0.1, -0.05) is 42.0 Å². The summed E-state index contributed by atoms with van der Waals surface area (Å²) >= 11 is 0. The SMILES string of the molecule is C=CCC(=O)N1CCc2ccc(NC(=O)CCc3ccc(C)cc3)cc2C1. The minimum Gasteiger partial charge on any atom is -0.338 e. The largest absolute Gasteiger partial charge is 0.338 e. The molecule has 1 aliphatic heterocycles. The molecule has 0 bridgehead atoms. The Bertz CT molecular complexity index is 840. The van der Waals surface area contributed by atoms with Gasteiger partial charge >= 0.3 is 0 Å². The summed E-state index contributed by atoms with van der Waals surface area (Å²) in [6, 6.07) is 14.3. The third-order valence-corrected chi connectivity index (χ3v) is 4.94. The van der Waals surface area contributed by atoms with E-state index in [4.69, 9.17) is 0 Å². The number of carbonyl (C=O) groups is 2. The summed E-state index contributed by atoms with van der Waals surface area (Å²) in [5.41, 5.74) is 5.53. The van der Waals surface area contributed by atoms with Gasteiger partial charge in [-0.3, -0.25) is 9.59 Å². The van der Waals surface area contributed by atoms with Crippen molar-refractivity contribution in [1.82, 2.24) is 4.90 Å². The van der Waals surface area contributed by atoms with Crippen LogP contribution in [0.5, 0.6) is 0 Å². The molecule has 27 heavy (non-hydrogen) atoms. The predicted molar refractivity (Wildman–Crippen MR) is 109 cm³/mol. The van der Waals surface area contributed by atoms with Crippen LogP contribution in [0.4, 0.5) is 5.69 Å². The number of nitrogens with one attached hydrogen (secondary N) is 1. The predicted octanol–water partition coefficient (Wildman–Crippen LogP) is 4.03. The Labute approximate surface area is 160 Å². The number of fused-ring (bicyclic) bond motifs is 1. The molecule has 1 aliphatic rings. The topological polar surface area (TPSA) is 49.4 Å². The Morgan fingerprint density at radius 2 is 1.93 bits per heavy atom. The Hall–Kier alpha value is -2.88. The lowest BCUT2D eigenvalue weighted by atomic mass is 9.98. The number of carbonyl (C=O) groups excluding carboxylic acids is 2. The maximum Gasteiger partial charge on any atom is 0.226 e. The molecule has 2 amide bonds. The molecule has 0 atom stereocenters. The zero-order chi connectivity index (χ0) is 19.2. The van der Waals surface area contributed by atoms with Crippen LogP contribution < -0.4 is 5.32 Å². The van der Waals surface area contributed by atoms with Crippen molar-refractivity contribution in [3.8, 4) is 0 Å². The van der Waals surface area contributed by atoms with Crippen molar-refractivity contribution in [2.45, 2.75) is 39.2 Å². The van der Waals surface area contributed by atoms with Gasteiger partial charge in [-0.05, 0) is 48.6 Å². The van der Waals surface area contributed by atoms with Crippen molar-refractivity contribution in [2.75, 3.05) is 11.9 Å². The van der Waals surface area contributed by atoms with Crippen molar-refractivity contribution in [1.29, 1.82) is 0 Å². The van der Waals surface area contributed by atoms with Crippen LogP contribution in [-0.4, -0.2) is 23.3 Å². The molecule has 1 heterocycles. The third-order valence-electron chi connectivity index (χ3n) is 4.94. The first kappa shape index (κ1) is 18.9. The molecule has 2 aromatic carbocycles. The Morgan fingerprint density at radius 3 is 2.67 bits per heavy atom. The fourth-order valence-corrected chi connectivity index (χ4v) is 3.34. The molecule has 0 fully saturated rings. The van der Waals surface area contributed by atoms with Crippen LogP contribution in [0.2, 0.25) is 0 Å². The summed E-state index contributed by atoms with van der Waals surface area (Å²) in [5, 5.41) is 2.98. The molecule has 0 aromatic heterocycles. The van der Waals surface area contributed by atoms with E-state index in [0.717, 1.165) is 36.2 Å². The lowest BCUT2D eigenvalue weighted by Gasteiger charge is -2.29. The van der Waals surface area contributed by atoms with Crippen LogP contribution in [0.3, 0.4) is 0 Å². The second-order valence-electron chi connectivity index (χ2n) is 7.08. The average Bonchev–Trinajstić information content (AvgIpc) is 2.67. The van der Waals surface area contributed by atoms with E-state index < -0.39 is 0 Å². The molecule has 4 heteroatoms. The van der Waals surface area contributed by atoms with Crippen LogP contribution in [0.25, 0.3) is 0 Å². The van der Waals surface area contributed by atoms with E-state index in [1.807, 2.05) is 17.0 Å². The standard InChI is InChI=1S/C23H26N2O2/c1-3-4-23(27)25-14-13-19-10-11-21(15-20(19)16-25)24-22(26)12-9-18-7-5-17(2)6-8-18/h3,5-8,10-11,15H,1,4,9,12-14,16H2,2H3,(H,24,26). The van der Waals surface area contributed by atoms with Crippen molar-refractivity contribution in [3.05, 3.63) is 77.4 Å². The zero-order valence-electron chi connectivity index (χ0n) is 15.8. The number of hydrogen-bond acceptors (Lipinski definition) is 2. The fourth-order valence-electron chi connectivity index (χ4n) is 3.34. The van der Waals surface area contributed by atoms with Crippen LogP contribution in [0.15, 0.2) is 55.1 Å². The van der Waals surface area contributed by atoms with Gasteiger partial charge in [0.1, 0.15) is 0 Å². The summed E-state index contributed by atoms with van der Waals surface area (Å²) in [7, 11) is 0. The van der Waals surface area contributed by atoms with Crippen LogP contribution in [0, 0.1) is 6.92 Å². The quantitative estimate of drug-likeness (QED) is 0.789. The summed E-state index contributed by atoms with van der Waals surface area (Å²) < 4.78 is 0. The van der Waals surface area contributed by atoms with E-state index in [9.17, 15) is 9.59 Å². The molecular formula is C23H26N2O2. The summed E-state index contributed by atoms with van der Waals surface area (Å²) in [6.45, 7) is 7.02.